The van der Waals surface area contributed by atoms with Gasteiger partial charge in [0, 0.05) is 19.1 Å². The Labute approximate surface area is 176 Å². The van der Waals surface area contributed by atoms with Gasteiger partial charge < -0.3 is 19.4 Å². The fraction of sp³-hybridized carbons (Fsp3) is 0.417. The van der Waals surface area contributed by atoms with E-state index in [1.54, 1.807) is 0 Å². The maximum atomic E-state index is 12.4. The van der Waals surface area contributed by atoms with Crippen LogP contribution in [-0.2, 0) is 19.4 Å². The normalized spacial score (nSPS) is 13.6. The van der Waals surface area contributed by atoms with Crippen molar-refractivity contribution in [3.05, 3.63) is 63.7 Å². The first-order chi connectivity index (χ1) is 14.6. The van der Waals surface area contributed by atoms with Gasteiger partial charge in [-0.2, -0.15) is 4.98 Å². The van der Waals surface area contributed by atoms with E-state index in [9.17, 15) is 4.79 Å². The molecule has 0 radical (unpaired) electrons. The van der Waals surface area contributed by atoms with E-state index < -0.39 is 0 Å². The zero-order valence-electron chi connectivity index (χ0n) is 17.9. The molecular weight excluding hydrogens is 378 g/mol. The summed E-state index contributed by atoms with van der Waals surface area (Å²) in [5.41, 5.74) is 3.38. The number of aromatic nitrogens is 2. The first kappa shape index (κ1) is 20.4. The number of para-hydroxylation sites is 2. The number of hydrogen-bond donors (Lipinski definition) is 1. The summed E-state index contributed by atoms with van der Waals surface area (Å²) in [5.74, 6) is 2.35. The smallest absolute Gasteiger partial charge is 0.280 e. The van der Waals surface area contributed by atoms with Crippen molar-refractivity contribution in [3.8, 4) is 11.5 Å². The number of ether oxygens (including phenoxy) is 2. The van der Waals surface area contributed by atoms with Crippen molar-refractivity contribution in [1.29, 1.82) is 0 Å². The lowest BCUT2D eigenvalue weighted by Crippen LogP contribution is -2.32. The summed E-state index contributed by atoms with van der Waals surface area (Å²) in [7, 11) is 0. The van der Waals surface area contributed by atoms with Gasteiger partial charge in [-0.05, 0) is 62.9 Å². The minimum absolute atomic E-state index is 0.120. The van der Waals surface area contributed by atoms with Crippen molar-refractivity contribution >= 4 is 10.9 Å². The average Bonchev–Trinajstić information content (AvgIpc) is 3.15. The number of nitrogens with zero attached hydrogens (tertiary/aromatic N) is 2. The summed E-state index contributed by atoms with van der Waals surface area (Å²) >= 11 is 0. The van der Waals surface area contributed by atoms with Gasteiger partial charge in [0.15, 0.2) is 11.5 Å². The van der Waals surface area contributed by atoms with Crippen LogP contribution in [0.3, 0.4) is 0 Å². The zero-order chi connectivity index (χ0) is 21.1. The van der Waals surface area contributed by atoms with Crippen LogP contribution in [0.1, 0.15) is 30.8 Å². The maximum Gasteiger partial charge on any atom is 0.280 e. The van der Waals surface area contributed by atoms with Crippen LogP contribution in [0.4, 0.5) is 0 Å². The Kier molecular flexibility index (Phi) is 6.04. The van der Waals surface area contributed by atoms with E-state index in [1.807, 2.05) is 44.2 Å². The molecule has 3 aromatic rings. The van der Waals surface area contributed by atoms with Crippen LogP contribution in [0, 0.1) is 6.92 Å². The predicted molar refractivity (Wildman–Crippen MR) is 119 cm³/mol. The van der Waals surface area contributed by atoms with Gasteiger partial charge >= 0.3 is 0 Å². The molecule has 0 fully saturated rings. The monoisotopic (exact) mass is 407 g/mol. The topological polar surface area (TPSA) is 65.4 Å². The van der Waals surface area contributed by atoms with Crippen LogP contribution in [0.15, 0.2) is 41.2 Å². The number of benzene rings is 2. The number of nitrogens with one attached hydrogen (secondary N) is 1. The van der Waals surface area contributed by atoms with Crippen LogP contribution in [0.2, 0.25) is 0 Å². The summed E-state index contributed by atoms with van der Waals surface area (Å²) < 4.78 is 13.6. The van der Waals surface area contributed by atoms with Gasteiger partial charge in [0.05, 0.1) is 17.5 Å². The van der Waals surface area contributed by atoms with E-state index in [4.69, 9.17) is 9.47 Å². The van der Waals surface area contributed by atoms with Crippen LogP contribution < -0.4 is 20.3 Å². The largest absolute Gasteiger partial charge is 0.490 e. The van der Waals surface area contributed by atoms with Crippen LogP contribution in [-0.4, -0.2) is 35.4 Å². The van der Waals surface area contributed by atoms with Gasteiger partial charge in [-0.3, -0.25) is 4.79 Å². The standard InChI is InChI=1S/C24H29N3O3/c1-4-29-21-7-5-6-8-22(21)30-12-10-25-16(2)13-18-14-19-9-11-27-17(3)26-24(28)20(15-18)23(19)27/h5-8,14-16,25H,4,9-13H2,1-3H3. The van der Waals surface area contributed by atoms with Gasteiger partial charge in [0.1, 0.15) is 12.4 Å². The second-order valence-corrected chi connectivity index (χ2v) is 7.80. The molecule has 158 valence electrons. The molecule has 1 aliphatic rings. The Bertz CT molecular complexity index is 1110. The lowest BCUT2D eigenvalue weighted by Gasteiger charge is -2.16. The molecule has 1 N–H and O–H groups in total. The molecule has 1 aliphatic heterocycles. The second-order valence-electron chi connectivity index (χ2n) is 7.80. The highest BCUT2D eigenvalue weighted by atomic mass is 16.5. The minimum atomic E-state index is -0.120. The summed E-state index contributed by atoms with van der Waals surface area (Å²) in [6.45, 7) is 8.84. The molecule has 6 nitrogen and oxygen atoms in total. The molecule has 0 amide bonds. The zero-order valence-corrected chi connectivity index (χ0v) is 17.9. The highest BCUT2D eigenvalue weighted by Gasteiger charge is 2.19. The lowest BCUT2D eigenvalue weighted by molar-refractivity contribution is 0.272. The third kappa shape index (κ3) is 4.19. The molecule has 2 aromatic carbocycles. The third-order valence-corrected chi connectivity index (χ3v) is 5.55. The molecule has 0 aliphatic carbocycles. The predicted octanol–water partition coefficient (Wildman–Crippen LogP) is 3.26. The fourth-order valence-electron chi connectivity index (χ4n) is 4.22. The maximum absolute atomic E-state index is 12.4. The SMILES string of the molecule is CCOc1ccccc1OCCNC(C)Cc1cc2c3c(c1)c(=O)nc(C)n3CC2. The Morgan fingerprint density at radius 2 is 1.97 bits per heavy atom. The molecule has 30 heavy (non-hydrogen) atoms. The van der Waals surface area contributed by atoms with E-state index in [2.05, 4.69) is 27.9 Å². The highest BCUT2D eigenvalue weighted by molar-refractivity contribution is 5.83. The third-order valence-electron chi connectivity index (χ3n) is 5.55. The first-order valence-corrected chi connectivity index (χ1v) is 10.7. The minimum Gasteiger partial charge on any atom is -0.490 e. The van der Waals surface area contributed by atoms with Crippen molar-refractivity contribution in [2.45, 2.75) is 46.2 Å². The molecule has 0 spiro atoms. The number of aryl methyl sites for hydroxylation is 3. The average molecular weight is 408 g/mol. The summed E-state index contributed by atoms with van der Waals surface area (Å²) in [6, 6.07) is 12.3. The lowest BCUT2D eigenvalue weighted by atomic mass is 10.0. The Balaban J connectivity index is 1.36. The van der Waals surface area contributed by atoms with Crippen molar-refractivity contribution in [2.75, 3.05) is 19.8 Å². The van der Waals surface area contributed by atoms with Gasteiger partial charge in [0.2, 0.25) is 0 Å². The molecule has 4 rings (SSSR count). The molecule has 1 unspecified atom stereocenters. The van der Waals surface area contributed by atoms with E-state index in [-0.39, 0.29) is 11.6 Å². The first-order valence-electron chi connectivity index (χ1n) is 10.7. The number of rotatable bonds is 9. The van der Waals surface area contributed by atoms with Crippen LogP contribution in [0.25, 0.3) is 10.9 Å². The number of hydrogen-bond acceptors (Lipinski definition) is 5. The molecule has 0 saturated heterocycles. The van der Waals surface area contributed by atoms with Crippen molar-refractivity contribution < 1.29 is 9.47 Å². The van der Waals surface area contributed by atoms with Crippen LogP contribution >= 0.6 is 0 Å². The van der Waals surface area contributed by atoms with Gasteiger partial charge in [-0.1, -0.05) is 18.2 Å². The summed E-state index contributed by atoms with van der Waals surface area (Å²) in [5, 5.41) is 4.25. The van der Waals surface area contributed by atoms with Crippen molar-refractivity contribution in [2.24, 2.45) is 0 Å². The molecule has 0 saturated carbocycles. The molecule has 1 atom stereocenters. The Hall–Kier alpha value is -2.86. The molecule has 1 aromatic heterocycles. The molecule has 0 bridgehead atoms. The molecule has 6 heteroatoms. The summed E-state index contributed by atoms with van der Waals surface area (Å²) in [6.07, 6.45) is 1.82. The molecular formula is C24H29N3O3. The van der Waals surface area contributed by atoms with Crippen molar-refractivity contribution in [3.63, 3.8) is 0 Å². The second kappa shape index (κ2) is 8.88. The highest BCUT2D eigenvalue weighted by Crippen LogP contribution is 2.27. The Morgan fingerprint density at radius 3 is 2.73 bits per heavy atom. The van der Waals surface area contributed by atoms with Gasteiger partial charge in [-0.25, -0.2) is 0 Å². The Morgan fingerprint density at radius 1 is 1.20 bits per heavy atom. The van der Waals surface area contributed by atoms with E-state index in [1.165, 1.54) is 11.1 Å². The van der Waals surface area contributed by atoms with Gasteiger partial charge in [0.25, 0.3) is 5.56 Å². The van der Waals surface area contributed by atoms with E-state index in [0.717, 1.165) is 54.2 Å². The van der Waals surface area contributed by atoms with Crippen molar-refractivity contribution in [1.82, 2.24) is 14.9 Å². The van der Waals surface area contributed by atoms with Crippen LogP contribution in [0.5, 0.6) is 11.5 Å². The van der Waals surface area contributed by atoms with E-state index in [0.29, 0.717) is 13.2 Å². The summed E-state index contributed by atoms with van der Waals surface area (Å²) in [4.78, 5) is 16.6. The quantitative estimate of drug-likeness (QED) is 0.552. The van der Waals surface area contributed by atoms with Gasteiger partial charge in [-0.15, -0.1) is 0 Å². The molecule has 2 heterocycles. The fourth-order valence-corrected chi connectivity index (χ4v) is 4.22. The van der Waals surface area contributed by atoms with E-state index >= 15 is 0 Å².